The number of aromatic nitrogens is 3. The van der Waals surface area contributed by atoms with Crippen LogP contribution in [0.25, 0.3) is 0 Å². The number of carbonyl (C=O) groups is 1. The van der Waals surface area contributed by atoms with Crippen LogP contribution in [-0.2, 0) is 14.9 Å². The topological polar surface area (TPSA) is 69.5 Å². The van der Waals surface area contributed by atoms with Crippen LogP contribution in [0, 0.1) is 0 Å². The van der Waals surface area contributed by atoms with E-state index in [1.165, 1.54) is 21.3 Å². The number of hydrogen-bond acceptors (Lipinski definition) is 6. The minimum absolute atomic E-state index is 0.222. The van der Waals surface area contributed by atoms with Gasteiger partial charge < -0.3 is 14.4 Å². The molecule has 0 spiro atoms. The zero-order valence-electron chi connectivity index (χ0n) is 15.1. The lowest BCUT2D eigenvalue weighted by Gasteiger charge is -2.16. The first-order chi connectivity index (χ1) is 10.7. The van der Waals surface area contributed by atoms with Gasteiger partial charge in [-0.1, -0.05) is 32.5 Å². The Morgan fingerprint density at radius 2 is 1.83 bits per heavy atom. The molecule has 0 aromatic carbocycles. The summed E-state index contributed by atoms with van der Waals surface area (Å²) in [6.45, 7) is 11.0. The van der Waals surface area contributed by atoms with E-state index in [0.717, 1.165) is 0 Å². The van der Waals surface area contributed by atoms with E-state index in [4.69, 9.17) is 9.47 Å². The van der Waals surface area contributed by atoms with Crippen molar-refractivity contribution in [3.05, 3.63) is 5.82 Å². The van der Waals surface area contributed by atoms with Crippen LogP contribution in [0.1, 0.15) is 40.4 Å². The third-order valence-corrected chi connectivity index (χ3v) is 3.83. The average Bonchev–Trinajstić information content (AvgIpc) is 2.88. The molecule has 132 valence electrons. The molecule has 0 saturated carbocycles. The minimum atomic E-state index is -0.326. The van der Waals surface area contributed by atoms with Crippen molar-refractivity contribution in [1.82, 2.24) is 19.7 Å². The molecule has 0 aliphatic heterocycles. The van der Waals surface area contributed by atoms with Gasteiger partial charge >= 0.3 is 6.03 Å². The largest absolute Gasteiger partial charge is 0.352 e. The van der Waals surface area contributed by atoms with Crippen LogP contribution in [0.2, 0.25) is 0 Å². The zero-order valence-corrected chi connectivity index (χ0v) is 15.9. The van der Waals surface area contributed by atoms with Gasteiger partial charge in [-0.15, -0.1) is 5.10 Å². The quantitative estimate of drug-likeness (QED) is 0.559. The smallest absolute Gasteiger partial charge is 0.346 e. The first-order valence-electron chi connectivity index (χ1n) is 7.75. The Balaban J connectivity index is 2.98. The fourth-order valence-corrected chi connectivity index (χ4v) is 2.55. The average molecular weight is 344 g/mol. The van der Waals surface area contributed by atoms with Crippen molar-refractivity contribution in [2.24, 2.45) is 0 Å². The van der Waals surface area contributed by atoms with Gasteiger partial charge in [0.05, 0.1) is 5.75 Å². The van der Waals surface area contributed by atoms with E-state index in [-0.39, 0.29) is 17.7 Å². The fourth-order valence-electron chi connectivity index (χ4n) is 1.68. The fraction of sp³-hybridized carbons (Fsp3) is 0.800. The van der Waals surface area contributed by atoms with Crippen molar-refractivity contribution in [2.45, 2.75) is 51.5 Å². The molecule has 0 bridgehead atoms. The summed E-state index contributed by atoms with van der Waals surface area (Å²) in [6, 6.07) is -0.222. The highest BCUT2D eigenvalue weighted by Gasteiger charge is 2.26. The zero-order chi connectivity index (χ0) is 17.6. The van der Waals surface area contributed by atoms with Gasteiger partial charge in [-0.25, -0.2) is 9.78 Å². The van der Waals surface area contributed by atoms with Crippen molar-refractivity contribution >= 4 is 17.8 Å². The van der Waals surface area contributed by atoms with Crippen molar-refractivity contribution in [2.75, 3.05) is 33.1 Å². The Morgan fingerprint density at radius 1 is 1.26 bits per heavy atom. The lowest BCUT2D eigenvalue weighted by molar-refractivity contribution is -0.120. The molecule has 23 heavy (non-hydrogen) atoms. The number of ether oxygens (including phenoxy) is 2. The van der Waals surface area contributed by atoms with Crippen LogP contribution in [0.4, 0.5) is 4.79 Å². The second kappa shape index (κ2) is 8.65. The summed E-state index contributed by atoms with van der Waals surface area (Å²) in [5, 5.41) is 4.94. The van der Waals surface area contributed by atoms with Crippen molar-refractivity contribution < 1.29 is 14.3 Å². The molecule has 1 heterocycles. The normalized spacial score (nSPS) is 12.0. The lowest BCUT2D eigenvalue weighted by atomic mass is 9.96. The molecule has 8 heteroatoms. The van der Waals surface area contributed by atoms with Gasteiger partial charge in [0.2, 0.25) is 0 Å². The van der Waals surface area contributed by atoms with Gasteiger partial charge in [0.1, 0.15) is 0 Å². The molecule has 1 aromatic rings. The maximum absolute atomic E-state index is 12.3. The molecule has 0 aliphatic rings. The van der Waals surface area contributed by atoms with E-state index in [0.29, 0.717) is 29.9 Å². The summed E-state index contributed by atoms with van der Waals surface area (Å²) in [5.74, 6) is 1.18. The third kappa shape index (κ3) is 5.78. The highest BCUT2D eigenvalue weighted by molar-refractivity contribution is 7.99. The summed E-state index contributed by atoms with van der Waals surface area (Å²) >= 11 is 1.41. The standard InChI is InChI=1S/C15H28N4O3S/c1-8-21-11(22-9-2)10-23-13-16-12(15(3,4)5)17-19(13)14(20)18(6)7/h11H,8-10H2,1-7H3. The Morgan fingerprint density at radius 3 is 2.26 bits per heavy atom. The molecule has 0 fully saturated rings. The van der Waals surface area contributed by atoms with Crippen LogP contribution >= 0.6 is 11.8 Å². The first-order valence-corrected chi connectivity index (χ1v) is 8.74. The van der Waals surface area contributed by atoms with Gasteiger partial charge in [0, 0.05) is 32.7 Å². The van der Waals surface area contributed by atoms with E-state index in [9.17, 15) is 4.79 Å². The van der Waals surface area contributed by atoms with Gasteiger partial charge in [-0.2, -0.15) is 4.68 Å². The second-order valence-electron chi connectivity index (χ2n) is 6.21. The number of rotatable bonds is 7. The number of hydrogen-bond donors (Lipinski definition) is 0. The van der Waals surface area contributed by atoms with Crippen LogP contribution in [0.15, 0.2) is 5.16 Å². The van der Waals surface area contributed by atoms with Gasteiger partial charge in [-0.05, 0) is 13.8 Å². The molecule has 1 aromatic heterocycles. The maximum Gasteiger partial charge on any atom is 0.346 e. The Kier molecular flexibility index (Phi) is 7.50. The molecule has 1 rings (SSSR count). The molecule has 0 saturated heterocycles. The Bertz CT molecular complexity index is 505. The molecule has 0 N–H and O–H groups in total. The summed E-state index contributed by atoms with van der Waals surface area (Å²) in [5.41, 5.74) is -0.230. The molecule has 0 aliphatic carbocycles. The van der Waals surface area contributed by atoms with Gasteiger partial charge in [0.15, 0.2) is 17.3 Å². The molecule has 0 radical (unpaired) electrons. The van der Waals surface area contributed by atoms with Crippen molar-refractivity contribution in [3.8, 4) is 0 Å². The highest BCUT2D eigenvalue weighted by Crippen LogP contribution is 2.24. The van der Waals surface area contributed by atoms with E-state index >= 15 is 0 Å². The molecular weight excluding hydrogens is 316 g/mol. The highest BCUT2D eigenvalue weighted by atomic mass is 32.2. The molecule has 1 amide bonds. The predicted molar refractivity (Wildman–Crippen MR) is 91.0 cm³/mol. The van der Waals surface area contributed by atoms with Crippen LogP contribution in [0.3, 0.4) is 0 Å². The minimum Gasteiger partial charge on any atom is -0.352 e. The Hall–Kier alpha value is -1.12. The second-order valence-corrected chi connectivity index (χ2v) is 7.20. The van der Waals surface area contributed by atoms with Crippen LogP contribution in [-0.4, -0.2) is 65.0 Å². The van der Waals surface area contributed by atoms with E-state index < -0.39 is 0 Å². The van der Waals surface area contributed by atoms with Gasteiger partial charge in [-0.3, -0.25) is 0 Å². The number of thioether (sulfide) groups is 1. The van der Waals surface area contributed by atoms with E-state index in [2.05, 4.69) is 10.1 Å². The lowest BCUT2D eigenvalue weighted by Crippen LogP contribution is -2.29. The predicted octanol–water partition coefficient (Wildman–Crippen LogP) is 2.60. The molecule has 0 atom stereocenters. The number of carbonyl (C=O) groups excluding carboxylic acids is 1. The summed E-state index contributed by atoms with van der Waals surface area (Å²) in [6.07, 6.45) is -0.326. The van der Waals surface area contributed by atoms with Crippen molar-refractivity contribution in [1.29, 1.82) is 0 Å². The number of amides is 1. The maximum atomic E-state index is 12.3. The van der Waals surface area contributed by atoms with Crippen molar-refractivity contribution in [3.63, 3.8) is 0 Å². The van der Waals surface area contributed by atoms with Gasteiger partial charge in [0.25, 0.3) is 0 Å². The summed E-state index contributed by atoms with van der Waals surface area (Å²) in [7, 11) is 3.39. The molecule has 7 nitrogen and oxygen atoms in total. The number of nitrogens with zero attached hydrogens (tertiary/aromatic N) is 4. The summed E-state index contributed by atoms with van der Waals surface area (Å²) in [4.78, 5) is 18.3. The third-order valence-electron chi connectivity index (χ3n) is 2.87. The van der Waals surface area contributed by atoms with E-state index in [1.54, 1.807) is 14.1 Å². The van der Waals surface area contributed by atoms with Crippen LogP contribution < -0.4 is 0 Å². The Labute approximate surface area is 142 Å². The molecule has 0 unspecified atom stereocenters. The SMILES string of the molecule is CCOC(CSc1nc(C(C)(C)C)nn1C(=O)N(C)C)OCC. The molecular formula is C15H28N4O3S. The first kappa shape index (κ1) is 19.9. The monoisotopic (exact) mass is 344 g/mol. The van der Waals surface area contributed by atoms with E-state index in [1.807, 2.05) is 34.6 Å². The van der Waals surface area contributed by atoms with Crippen LogP contribution in [0.5, 0.6) is 0 Å². The summed E-state index contributed by atoms with van der Waals surface area (Å²) < 4.78 is 12.4.